The topological polar surface area (TPSA) is 90.2 Å². The summed E-state index contributed by atoms with van der Waals surface area (Å²) in [6.45, 7) is 0.439. The Hall–Kier alpha value is -3.69. The molecule has 0 aliphatic heterocycles. The number of rotatable bonds is 6. The molecule has 0 aliphatic carbocycles. The molecule has 1 heterocycles. The lowest BCUT2D eigenvalue weighted by Crippen LogP contribution is -2.21. The van der Waals surface area contributed by atoms with Gasteiger partial charge in [0.1, 0.15) is 5.84 Å². The van der Waals surface area contributed by atoms with Crippen LogP contribution in [0, 0.1) is 11.5 Å². The molecular weight excluding hydrogens is 386 g/mol. The third-order valence-corrected chi connectivity index (χ3v) is 4.46. The van der Waals surface area contributed by atoms with Gasteiger partial charge in [0.05, 0.1) is 11.9 Å². The molecule has 7 heteroatoms. The highest BCUT2D eigenvalue weighted by atomic mass is 35.5. The van der Waals surface area contributed by atoms with Crippen LogP contribution < -0.4 is 10.6 Å². The molecule has 144 valence electrons. The predicted octanol–water partition coefficient (Wildman–Crippen LogP) is 4.05. The first-order valence-electron chi connectivity index (χ1n) is 8.92. The number of pyridine rings is 1. The van der Waals surface area contributed by atoms with Crippen LogP contribution in [0.2, 0.25) is 5.02 Å². The lowest BCUT2D eigenvalue weighted by molar-refractivity contribution is 0.102. The van der Waals surface area contributed by atoms with Crippen LogP contribution in [0.3, 0.4) is 0 Å². The van der Waals surface area contributed by atoms with Gasteiger partial charge in [-0.05, 0) is 36.2 Å². The van der Waals surface area contributed by atoms with Crippen LogP contribution >= 0.6 is 11.6 Å². The zero-order valence-electron chi connectivity index (χ0n) is 15.5. The van der Waals surface area contributed by atoms with Crippen molar-refractivity contribution in [3.05, 3.63) is 94.8 Å². The second-order valence-corrected chi connectivity index (χ2v) is 6.50. The Morgan fingerprint density at radius 3 is 2.59 bits per heavy atom. The molecule has 0 bridgehead atoms. The summed E-state index contributed by atoms with van der Waals surface area (Å²) in [4.78, 5) is 21.0. The van der Waals surface area contributed by atoms with E-state index in [0.29, 0.717) is 40.6 Å². The van der Waals surface area contributed by atoms with E-state index in [1.54, 1.807) is 36.5 Å². The first-order valence-corrected chi connectivity index (χ1v) is 9.30. The van der Waals surface area contributed by atoms with E-state index >= 15 is 0 Å². The molecule has 1 aromatic heterocycles. The fraction of sp³-hybridized carbons (Fsp3) is 0.0909. The number of hydrogen-bond donors (Lipinski definition) is 2. The summed E-state index contributed by atoms with van der Waals surface area (Å²) in [6, 6.07) is 18.2. The van der Waals surface area contributed by atoms with E-state index in [-0.39, 0.29) is 5.91 Å². The van der Waals surface area contributed by atoms with Crippen LogP contribution in [-0.2, 0) is 6.42 Å². The van der Waals surface area contributed by atoms with Gasteiger partial charge in [-0.3, -0.25) is 20.1 Å². The highest BCUT2D eigenvalue weighted by molar-refractivity contribution is 6.31. The number of amidine groups is 1. The van der Waals surface area contributed by atoms with E-state index < -0.39 is 0 Å². The van der Waals surface area contributed by atoms with E-state index in [4.69, 9.17) is 16.9 Å². The number of carbonyl (C=O) groups is 1. The maximum atomic E-state index is 12.3. The minimum Gasteiger partial charge on any atom is -0.321 e. The highest BCUT2D eigenvalue weighted by Gasteiger charge is 2.09. The summed E-state index contributed by atoms with van der Waals surface area (Å²) in [5.74, 6) is 0.137. The first-order chi connectivity index (χ1) is 14.2. The summed E-state index contributed by atoms with van der Waals surface area (Å²) in [5, 5.41) is 15.1. The largest absolute Gasteiger partial charge is 0.321 e. The Labute approximate surface area is 173 Å². The molecule has 0 unspecified atom stereocenters. The molecule has 3 aromatic rings. The van der Waals surface area contributed by atoms with Crippen LogP contribution in [0.25, 0.3) is 0 Å². The van der Waals surface area contributed by atoms with Gasteiger partial charge in [-0.25, -0.2) is 0 Å². The molecular formula is C22H18ClN5O. The van der Waals surface area contributed by atoms with Crippen molar-refractivity contribution in [2.75, 3.05) is 11.9 Å². The Kier molecular flexibility index (Phi) is 6.93. The van der Waals surface area contributed by atoms with Gasteiger partial charge in [0, 0.05) is 28.9 Å². The van der Waals surface area contributed by atoms with E-state index in [9.17, 15) is 4.79 Å². The Morgan fingerprint density at radius 2 is 1.83 bits per heavy atom. The van der Waals surface area contributed by atoms with Crippen molar-refractivity contribution in [3.63, 3.8) is 0 Å². The number of anilines is 1. The summed E-state index contributed by atoms with van der Waals surface area (Å²) in [6.07, 6.45) is 5.64. The fourth-order valence-electron chi connectivity index (χ4n) is 2.68. The molecule has 0 radical (unpaired) electrons. The van der Waals surface area contributed by atoms with E-state index in [0.717, 1.165) is 5.56 Å². The van der Waals surface area contributed by atoms with Crippen LogP contribution in [0.1, 0.15) is 21.5 Å². The third kappa shape index (κ3) is 5.64. The summed E-state index contributed by atoms with van der Waals surface area (Å²) in [5.41, 5.74) is 2.63. The zero-order chi connectivity index (χ0) is 20.5. The number of carbonyl (C=O) groups excluding carboxylic acids is 1. The molecule has 2 N–H and O–H groups in total. The lowest BCUT2D eigenvalue weighted by atomic mass is 10.1. The molecule has 0 atom stereocenters. The second-order valence-electron chi connectivity index (χ2n) is 6.09. The number of nitrogens with zero attached hydrogens (tertiary/aromatic N) is 3. The van der Waals surface area contributed by atoms with Crippen molar-refractivity contribution in [2.24, 2.45) is 4.99 Å². The average Bonchev–Trinajstić information content (AvgIpc) is 2.75. The predicted molar refractivity (Wildman–Crippen MR) is 114 cm³/mol. The van der Waals surface area contributed by atoms with Gasteiger partial charge in [-0.1, -0.05) is 48.0 Å². The quantitative estimate of drug-likeness (QED) is 0.281. The van der Waals surface area contributed by atoms with Crippen LogP contribution in [0.15, 0.2) is 78.0 Å². The van der Waals surface area contributed by atoms with Gasteiger partial charge in [0.15, 0.2) is 6.19 Å². The SMILES string of the molecule is N#CNC(=NCCc1ccccc1Cl)c1cncc(NC(=O)c2ccccc2)c1. The average molecular weight is 404 g/mol. The van der Waals surface area contributed by atoms with Crippen LogP contribution in [0.4, 0.5) is 5.69 Å². The van der Waals surface area contributed by atoms with Gasteiger partial charge < -0.3 is 5.32 Å². The molecule has 3 rings (SSSR count). The van der Waals surface area contributed by atoms with Crippen molar-refractivity contribution >= 4 is 29.0 Å². The van der Waals surface area contributed by atoms with Crippen molar-refractivity contribution in [3.8, 4) is 6.19 Å². The number of nitriles is 1. The fourth-order valence-corrected chi connectivity index (χ4v) is 2.91. The highest BCUT2D eigenvalue weighted by Crippen LogP contribution is 2.16. The number of hydrogen-bond acceptors (Lipinski definition) is 4. The Bertz CT molecular complexity index is 1060. The molecule has 0 saturated heterocycles. The third-order valence-electron chi connectivity index (χ3n) is 4.09. The molecule has 6 nitrogen and oxygen atoms in total. The van der Waals surface area contributed by atoms with Gasteiger partial charge in [0.2, 0.25) is 0 Å². The maximum absolute atomic E-state index is 12.3. The minimum atomic E-state index is -0.241. The first kappa shape index (κ1) is 20.1. The monoisotopic (exact) mass is 403 g/mol. The number of nitrogens with one attached hydrogen (secondary N) is 2. The summed E-state index contributed by atoms with van der Waals surface area (Å²) in [7, 11) is 0. The summed E-state index contributed by atoms with van der Waals surface area (Å²) < 4.78 is 0. The smallest absolute Gasteiger partial charge is 0.255 e. The van der Waals surface area contributed by atoms with E-state index in [1.165, 1.54) is 6.20 Å². The minimum absolute atomic E-state index is 0.241. The van der Waals surface area contributed by atoms with Gasteiger partial charge >= 0.3 is 0 Å². The molecule has 0 saturated carbocycles. The van der Waals surface area contributed by atoms with Crippen LogP contribution in [0.5, 0.6) is 0 Å². The number of aliphatic imine (C=N–C) groups is 1. The van der Waals surface area contributed by atoms with E-state index in [2.05, 4.69) is 20.6 Å². The van der Waals surface area contributed by atoms with Gasteiger partial charge in [-0.15, -0.1) is 0 Å². The van der Waals surface area contributed by atoms with Crippen molar-refractivity contribution in [2.45, 2.75) is 6.42 Å². The molecule has 0 aliphatic rings. The van der Waals surface area contributed by atoms with Gasteiger partial charge in [0.25, 0.3) is 5.91 Å². The van der Waals surface area contributed by atoms with Crippen LogP contribution in [-0.4, -0.2) is 23.3 Å². The van der Waals surface area contributed by atoms with Crippen molar-refractivity contribution in [1.82, 2.24) is 10.3 Å². The number of aromatic nitrogens is 1. The van der Waals surface area contributed by atoms with Gasteiger partial charge in [-0.2, -0.15) is 5.26 Å². The standard InChI is InChI=1S/C22H18ClN5O/c23-20-9-5-4-6-16(20)10-11-26-21(27-15-24)18-12-19(14-25-13-18)28-22(29)17-7-2-1-3-8-17/h1-9,12-14H,10-11H2,(H,26,27)(H,28,29). The number of amides is 1. The molecule has 0 fully saturated rings. The zero-order valence-corrected chi connectivity index (χ0v) is 16.2. The van der Waals surface area contributed by atoms with Crippen molar-refractivity contribution in [1.29, 1.82) is 5.26 Å². The summed E-state index contributed by atoms with van der Waals surface area (Å²) >= 11 is 6.17. The van der Waals surface area contributed by atoms with E-state index in [1.807, 2.05) is 36.5 Å². The second kappa shape index (κ2) is 10.0. The molecule has 29 heavy (non-hydrogen) atoms. The molecule has 2 aromatic carbocycles. The van der Waals surface area contributed by atoms with Crippen molar-refractivity contribution < 1.29 is 4.79 Å². The normalized spacial score (nSPS) is 10.8. The molecule has 0 spiro atoms. The molecule has 1 amide bonds. The number of halogens is 1. The lowest BCUT2D eigenvalue weighted by Gasteiger charge is -2.09. The Morgan fingerprint density at radius 1 is 1.07 bits per heavy atom. The number of benzene rings is 2. The maximum Gasteiger partial charge on any atom is 0.255 e. The Balaban J connectivity index is 1.74.